The quantitative estimate of drug-likeness (QED) is 0.532. The van der Waals surface area contributed by atoms with E-state index < -0.39 is 10.0 Å². The molecule has 0 spiro atoms. The highest BCUT2D eigenvalue weighted by Crippen LogP contribution is 2.26. The predicted molar refractivity (Wildman–Crippen MR) is 126 cm³/mol. The van der Waals surface area contributed by atoms with Crippen molar-refractivity contribution < 1.29 is 13.2 Å². The van der Waals surface area contributed by atoms with Gasteiger partial charge in [0, 0.05) is 5.56 Å². The van der Waals surface area contributed by atoms with Crippen LogP contribution in [0.15, 0.2) is 91.5 Å². The molecule has 31 heavy (non-hydrogen) atoms. The molecular formula is C25H26N2O3S. The van der Waals surface area contributed by atoms with Gasteiger partial charge >= 0.3 is 0 Å². The van der Waals surface area contributed by atoms with Crippen LogP contribution in [0.2, 0.25) is 0 Å². The van der Waals surface area contributed by atoms with Crippen molar-refractivity contribution in [1.29, 1.82) is 0 Å². The topological polar surface area (TPSA) is 66.5 Å². The minimum atomic E-state index is -3.45. The number of sulfonamides is 1. The number of nitrogens with zero attached hydrogens (tertiary/aromatic N) is 1. The van der Waals surface area contributed by atoms with E-state index in [4.69, 9.17) is 0 Å². The monoisotopic (exact) mass is 434 g/mol. The molecule has 0 unspecified atom stereocenters. The third-order valence-electron chi connectivity index (χ3n) is 5.02. The number of benzene rings is 3. The van der Waals surface area contributed by atoms with Gasteiger partial charge in [-0.2, -0.15) is 0 Å². The van der Waals surface area contributed by atoms with Gasteiger partial charge in [-0.15, -0.1) is 6.58 Å². The number of hydrogen-bond acceptors (Lipinski definition) is 3. The van der Waals surface area contributed by atoms with E-state index in [1.54, 1.807) is 24.3 Å². The van der Waals surface area contributed by atoms with E-state index in [0.29, 0.717) is 11.3 Å². The van der Waals surface area contributed by atoms with E-state index in [1.807, 2.05) is 61.5 Å². The fourth-order valence-electron chi connectivity index (χ4n) is 3.44. The molecule has 1 amide bonds. The second kappa shape index (κ2) is 9.62. The highest BCUT2D eigenvalue weighted by molar-refractivity contribution is 7.92. The lowest BCUT2D eigenvalue weighted by atomic mass is 9.94. The van der Waals surface area contributed by atoms with Crippen LogP contribution in [0, 0.1) is 6.92 Å². The first kappa shape index (κ1) is 22.3. The fraction of sp³-hybridized carbons (Fsp3) is 0.160. The Morgan fingerprint density at radius 1 is 1.00 bits per heavy atom. The van der Waals surface area contributed by atoms with Crippen LogP contribution in [0.25, 0.3) is 0 Å². The molecule has 0 aliphatic heterocycles. The molecule has 0 aromatic heterocycles. The zero-order valence-electron chi connectivity index (χ0n) is 17.7. The third-order valence-corrected chi connectivity index (χ3v) is 6.18. The van der Waals surface area contributed by atoms with E-state index in [-0.39, 0.29) is 18.5 Å². The van der Waals surface area contributed by atoms with Gasteiger partial charge in [-0.05, 0) is 47.9 Å². The Kier molecular flexibility index (Phi) is 6.92. The Morgan fingerprint density at radius 3 is 2.19 bits per heavy atom. The molecule has 160 valence electrons. The Bertz CT molecular complexity index is 1160. The van der Waals surface area contributed by atoms with E-state index in [1.165, 1.54) is 10.4 Å². The van der Waals surface area contributed by atoms with Crippen molar-refractivity contribution in [2.75, 3.05) is 17.1 Å². The molecule has 3 rings (SSSR count). The smallest absolute Gasteiger partial charge is 0.252 e. The van der Waals surface area contributed by atoms with Crippen LogP contribution >= 0.6 is 0 Å². The predicted octanol–water partition coefficient (Wildman–Crippen LogP) is 4.47. The van der Waals surface area contributed by atoms with Gasteiger partial charge in [0.2, 0.25) is 10.0 Å². The van der Waals surface area contributed by atoms with Crippen molar-refractivity contribution >= 4 is 21.6 Å². The van der Waals surface area contributed by atoms with Crippen molar-refractivity contribution in [2.45, 2.75) is 13.0 Å². The second-order valence-electron chi connectivity index (χ2n) is 7.30. The third kappa shape index (κ3) is 5.41. The van der Waals surface area contributed by atoms with Crippen LogP contribution in [0.4, 0.5) is 5.69 Å². The first-order valence-corrected chi connectivity index (χ1v) is 11.8. The van der Waals surface area contributed by atoms with E-state index >= 15 is 0 Å². The van der Waals surface area contributed by atoms with Crippen molar-refractivity contribution in [3.05, 3.63) is 114 Å². The van der Waals surface area contributed by atoms with Crippen LogP contribution in [-0.2, 0) is 10.0 Å². The molecule has 0 saturated carbocycles. The Balaban J connectivity index is 1.89. The van der Waals surface area contributed by atoms with E-state index in [9.17, 15) is 13.2 Å². The number of carbonyl (C=O) groups is 1. The van der Waals surface area contributed by atoms with Crippen molar-refractivity contribution in [2.24, 2.45) is 0 Å². The van der Waals surface area contributed by atoms with Gasteiger partial charge in [-0.25, -0.2) is 8.42 Å². The van der Waals surface area contributed by atoms with Crippen LogP contribution in [0.1, 0.15) is 33.1 Å². The lowest BCUT2D eigenvalue weighted by molar-refractivity contribution is 0.0943. The van der Waals surface area contributed by atoms with E-state index in [2.05, 4.69) is 11.9 Å². The number of rotatable bonds is 8. The summed E-state index contributed by atoms with van der Waals surface area (Å²) in [7, 11) is -3.45. The Morgan fingerprint density at radius 2 is 1.61 bits per heavy atom. The van der Waals surface area contributed by atoms with Gasteiger partial charge < -0.3 is 5.32 Å². The summed E-state index contributed by atoms with van der Waals surface area (Å²) < 4.78 is 25.3. The summed E-state index contributed by atoms with van der Waals surface area (Å²) in [5, 5.41) is 3.12. The number of nitrogens with one attached hydrogen (secondary N) is 1. The molecule has 0 saturated heterocycles. The zero-order valence-corrected chi connectivity index (χ0v) is 18.5. The highest BCUT2D eigenvalue weighted by atomic mass is 32.2. The lowest BCUT2D eigenvalue weighted by Crippen LogP contribution is -2.31. The van der Waals surface area contributed by atoms with Gasteiger partial charge in [-0.1, -0.05) is 60.7 Å². The molecule has 0 radical (unpaired) electrons. The maximum absolute atomic E-state index is 13.1. The summed E-state index contributed by atoms with van der Waals surface area (Å²) >= 11 is 0. The second-order valence-corrected chi connectivity index (χ2v) is 9.21. The average Bonchev–Trinajstić information content (AvgIpc) is 2.76. The maximum Gasteiger partial charge on any atom is 0.252 e. The van der Waals surface area contributed by atoms with Crippen molar-refractivity contribution in [3.8, 4) is 0 Å². The van der Waals surface area contributed by atoms with Crippen molar-refractivity contribution in [1.82, 2.24) is 5.32 Å². The summed E-state index contributed by atoms with van der Waals surface area (Å²) in [6.45, 7) is 5.79. The standard InChI is InChI=1S/C25H26N2O3S/c1-4-18-27(31(3,29)30)22-16-14-21(15-17-22)25(28)26-24(20-11-6-5-7-12-20)23-13-9-8-10-19(23)2/h4-17,24H,1,18H2,2-3H3,(H,26,28)/t24-/m0/s1. The molecule has 0 fully saturated rings. The zero-order chi connectivity index (χ0) is 22.4. The normalized spacial score (nSPS) is 12.1. The summed E-state index contributed by atoms with van der Waals surface area (Å²) in [5.74, 6) is -0.238. The molecule has 0 aliphatic carbocycles. The molecule has 3 aromatic carbocycles. The van der Waals surface area contributed by atoms with Gasteiger partial charge in [0.1, 0.15) is 0 Å². The summed E-state index contributed by atoms with van der Waals surface area (Å²) in [4.78, 5) is 13.1. The first-order chi connectivity index (χ1) is 14.8. The number of carbonyl (C=O) groups excluding carboxylic acids is 1. The van der Waals surface area contributed by atoms with Crippen LogP contribution in [0.5, 0.6) is 0 Å². The largest absolute Gasteiger partial charge is 0.341 e. The molecular weight excluding hydrogens is 408 g/mol. The van der Waals surface area contributed by atoms with Crippen LogP contribution < -0.4 is 9.62 Å². The number of anilines is 1. The number of amides is 1. The SMILES string of the molecule is C=CCN(c1ccc(C(=O)N[C@@H](c2ccccc2)c2ccccc2C)cc1)S(C)(=O)=O. The van der Waals surface area contributed by atoms with Gasteiger partial charge in [0.25, 0.3) is 5.91 Å². The maximum atomic E-state index is 13.1. The number of aryl methyl sites for hydroxylation is 1. The highest BCUT2D eigenvalue weighted by Gasteiger charge is 2.20. The molecule has 3 aromatic rings. The molecule has 0 aliphatic rings. The molecule has 0 heterocycles. The van der Waals surface area contributed by atoms with Crippen molar-refractivity contribution in [3.63, 3.8) is 0 Å². The Hall–Kier alpha value is -3.38. The van der Waals surface area contributed by atoms with Crippen LogP contribution in [-0.4, -0.2) is 27.1 Å². The first-order valence-electron chi connectivity index (χ1n) is 9.91. The number of hydrogen-bond donors (Lipinski definition) is 1. The average molecular weight is 435 g/mol. The molecule has 5 nitrogen and oxygen atoms in total. The lowest BCUT2D eigenvalue weighted by Gasteiger charge is -2.23. The van der Waals surface area contributed by atoms with Gasteiger partial charge in [0.05, 0.1) is 24.5 Å². The minimum absolute atomic E-state index is 0.160. The molecule has 0 bridgehead atoms. The fourth-order valence-corrected chi connectivity index (χ4v) is 4.32. The van der Waals surface area contributed by atoms with Crippen LogP contribution in [0.3, 0.4) is 0 Å². The molecule has 1 N–H and O–H groups in total. The van der Waals surface area contributed by atoms with Gasteiger partial charge in [-0.3, -0.25) is 9.10 Å². The summed E-state index contributed by atoms with van der Waals surface area (Å²) in [6.07, 6.45) is 2.66. The van der Waals surface area contributed by atoms with Gasteiger partial charge in [0.15, 0.2) is 0 Å². The Labute approximate surface area is 184 Å². The molecule has 6 heteroatoms. The summed E-state index contributed by atoms with van der Waals surface area (Å²) in [5.41, 5.74) is 4.02. The minimum Gasteiger partial charge on any atom is -0.341 e. The van der Waals surface area contributed by atoms with E-state index in [0.717, 1.165) is 22.9 Å². The molecule has 1 atom stereocenters. The summed E-state index contributed by atoms with van der Waals surface area (Å²) in [6, 6.07) is 24.0.